The predicted molar refractivity (Wildman–Crippen MR) is 156 cm³/mol. The summed E-state index contributed by atoms with van der Waals surface area (Å²) < 4.78 is 79.6. The van der Waals surface area contributed by atoms with Gasteiger partial charge in [0.05, 0.1) is 42.5 Å². The third-order valence-corrected chi connectivity index (χ3v) is 10.3. The molecule has 4 aromatic rings. The van der Waals surface area contributed by atoms with Gasteiger partial charge < -0.3 is 24.6 Å². The largest absolute Gasteiger partial charge is 0.497 e. The van der Waals surface area contributed by atoms with E-state index >= 15 is 0 Å². The lowest BCUT2D eigenvalue weighted by Gasteiger charge is -2.33. The molecule has 2 atom stereocenters. The van der Waals surface area contributed by atoms with Crippen molar-refractivity contribution in [3.63, 3.8) is 0 Å². The number of benzene rings is 3. The van der Waals surface area contributed by atoms with Crippen LogP contribution in [0.25, 0.3) is 0 Å². The van der Waals surface area contributed by atoms with Crippen LogP contribution in [0.15, 0.2) is 77.1 Å². The molecule has 2 N–H and O–H groups in total. The summed E-state index contributed by atoms with van der Waals surface area (Å²) in [6, 6.07) is 14.8. The Morgan fingerprint density at radius 3 is 2.47 bits per heavy atom. The quantitative estimate of drug-likeness (QED) is 0.240. The van der Waals surface area contributed by atoms with E-state index in [1.807, 2.05) is 0 Å². The fourth-order valence-corrected chi connectivity index (χ4v) is 7.76. The van der Waals surface area contributed by atoms with Gasteiger partial charge in [-0.15, -0.1) is 11.3 Å². The summed E-state index contributed by atoms with van der Waals surface area (Å²) in [5.74, 6) is 0.902. The van der Waals surface area contributed by atoms with Crippen molar-refractivity contribution in [2.45, 2.75) is 35.3 Å². The Balaban J connectivity index is 1.51. The molecule has 228 valence electrons. The van der Waals surface area contributed by atoms with E-state index < -0.39 is 39.5 Å². The lowest BCUT2D eigenvalue weighted by Crippen LogP contribution is -2.30. The van der Waals surface area contributed by atoms with Gasteiger partial charge in [-0.3, -0.25) is 0 Å². The monoisotopic (exact) mass is 634 g/mol. The van der Waals surface area contributed by atoms with E-state index in [0.717, 1.165) is 17.7 Å². The number of anilines is 2. The van der Waals surface area contributed by atoms with E-state index in [2.05, 4.69) is 4.98 Å². The van der Waals surface area contributed by atoms with Crippen molar-refractivity contribution in [3.05, 3.63) is 93.9 Å². The number of thiazole rings is 1. The Morgan fingerprint density at radius 2 is 1.81 bits per heavy atom. The number of aliphatic hydroxyl groups excluding tert-OH is 2. The van der Waals surface area contributed by atoms with Gasteiger partial charge in [0.15, 0.2) is 9.84 Å². The Hall–Kier alpha value is -3.65. The molecule has 0 radical (unpaired) electrons. The first-order chi connectivity index (χ1) is 20.5. The summed E-state index contributed by atoms with van der Waals surface area (Å²) in [5, 5.41) is 20.6. The van der Waals surface area contributed by atoms with Crippen LogP contribution < -0.4 is 14.4 Å². The summed E-state index contributed by atoms with van der Waals surface area (Å²) in [7, 11) is -2.42. The van der Waals surface area contributed by atoms with E-state index in [4.69, 9.17) is 9.47 Å². The second kappa shape index (κ2) is 12.5. The first-order valence-electron chi connectivity index (χ1n) is 13.3. The maximum atomic E-state index is 14.1. The van der Waals surface area contributed by atoms with Crippen molar-refractivity contribution in [2.75, 3.05) is 31.8 Å². The Labute approximate surface area is 250 Å². The number of aromatic nitrogens is 1. The van der Waals surface area contributed by atoms with E-state index in [9.17, 15) is 31.8 Å². The maximum absolute atomic E-state index is 14.1. The van der Waals surface area contributed by atoms with Gasteiger partial charge in [-0.1, -0.05) is 12.1 Å². The van der Waals surface area contributed by atoms with Crippen LogP contribution in [0.4, 0.5) is 24.5 Å². The summed E-state index contributed by atoms with van der Waals surface area (Å²) in [5.41, 5.74) is 0.942. The molecular weight excluding hydrogens is 605 g/mol. The van der Waals surface area contributed by atoms with E-state index in [1.165, 1.54) is 29.5 Å². The minimum Gasteiger partial charge on any atom is -0.497 e. The van der Waals surface area contributed by atoms with Gasteiger partial charge in [0.2, 0.25) is 0 Å². The third kappa shape index (κ3) is 6.64. The molecule has 1 unspecified atom stereocenters. The lowest BCUT2D eigenvalue weighted by atomic mass is 10.0. The van der Waals surface area contributed by atoms with Gasteiger partial charge in [0.1, 0.15) is 28.4 Å². The van der Waals surface area contributed by atoms with E-state index in [0.29, 0.717) is 22.1 Å². The molecular formula is C30H29F3N2O6S2. The number of aliphatic hydroxyl groups is 2. The van der Waals surface area contributed by atoms with E-state index in [1.54, 1.807) is 53.9 Å². The number of hydrogen-bond donors (Lipinski definition) is 2. The van der Waals surface area contributed by atoms with Crippen molar-refractivity contribution < 1.29 is 41.3 Å². The lowest BCUT2D eigenvalue weighted by molar-refractivity contribution is -0.137. The zero-order valence-electron chi connectivity index (χ0n) is 23.0. The molecule has 13 heteroatoms. The predicted octanol–water partition coefficient (Wildman–Crippen LogP) is 5.35. The number of ether oxygens (including phenoxy) is 2. The molecule has 0 amide bonds. The molecule has 1 aliphatic heterocycles. The van der Waals surface area contributed by atoms with Gasteiger partial charge in [0.25, 0.3) is 0 Å². The highest BCUT2D eigenvalue weighted by Crippen LogP contribution is 2.43. The summed E-state index contributed by atoms with van der Waals surface area (Å²) in [6.45, 7) is -0.208. The van der Waals surface area contributed by atoms with Crippen molar-refractivity contribution >= 4 is 32.5 Å². The molecule has 1 aromatic heterocycles. The number of alkyl halides is 3. The summed E-state index contributed by atoms with van der Waals surface area (Å²) in [4.78, 5) is 6.04. The smallest absolute Gasteiger partial charge is 0.416 e. The number of rotatable bonds is 10. The number of sulfone groups is 1. The average molecular weight is 635 g/mol. The molecule has 0 saturated carbocycles. The molecule has 5 rings (SSSR count). The van der Waals surface area contributed by atoms with Gasteiger partial charge in [-0.2, -0.15) is 13.2 Å². The van der Waals surface area contributed by atoms with Crippen LogP contribution in [0.1, 0.15) is 26.9 Å². The Bertz CT molecular complexity index is 1660. The zero-order valence-corrected chi connectivity index (χ0v) is 24.6. The number of methoxy groups -OCH3 is 1. The van der Waals surface area contributed by atoms with Crippen LogP contribution >= 0.6 is 11.3 Å². The van der Waals surface area contributed by atoms with Crippen molar-refractivity contribution in [1.82, 2.24) is 4.98 Å². The highest BCUT2D eigenvalue weighted by atomic mass is 32.2. The van der Waals surface area contributed by atoms with Gasteiger partial charge in [-0.05, 0) is 60.0 Å². The van der Waals surface area contributed by atoms with Crippen molar-refractivity contribution in [3.8, 4) is 11.5 Å². The van der Waals surface area contributed by atoms with Crippen LogP contribution in [0.3, 0.4) is 0 Å². The van der Waals surface area contributed by atoms with Crippen LogP contribution in [0, 0.1) is 0 Å². The summed E-state index contributed by atoms with van der Waals surface area (Å²) >= 11 is 1.24. The molecule has 0 fully saturated rings. The molecule has 0 aliphatic carbocycles. The molecule has 8 nitrogen and oxygen atoms in total. The standard InChI is InChI=1S/C30H29F3N2O6S2/c1-40-23-5-2-19(3-6-23)14-28(29-34-10-13-42-29)43(38,39)24-7-9-26-27(17-24)41-12-11-35(26)25-8-4-21(30(31,32)33)15-20(25)16-22(37)18-36/h2-10,13,15,17,22,28,36-37H,11-12,14,16,18H2,1H3/t22-,28?/m0/s1. The second-order valence-corrected chi connectivity index (χ2v) is 13.0. The molecule has 1 aliphatic rings. The molecule has 0 spiro atoms. The van der Waals surface area contributed by atoms with Gasteiger partial charge in [0, 0.05) is 29.8 Å². The van der Waals surface area contributed by atoms with E-state index in [-0.39, 0.29) is 42.2 Å². The normalized spacial score (nSPS) is 15.0. The highest BCUT2D eigenvalue weighted by Gasteiger charge is 2.35. The first kappa shape index (κ1) is 30.8. The summed E-state index contributed by atoms with van der Waals surface area (Å²) in [6.07, 6.45) is -4.34. The number of halogens is 3. The minimum absolute atomic E-state index is 0.0187. The molecule has 43 heavy (non-hydrogen) atoms. The van der Waals surface area contributed by atoms with Crippen molar-refractivity contribution in [1.29, 1.82) is 0 Å². The zero-order chi connectivity index (χ0) is 30.8. The maximum Gasteiger partial charge on any atom is 0.416 e. The highest BCUT2D eigenvalue weighted by molar-refractivity contribution is 7.91. The molecule has 2 heterocycles. The first-order valence-corrected chi connectivity index (χ1v) is 15.7. The number of nitrogens with zero attached hydrogens (tertiary/aromatic N) is 2. The second-order valence-electron chi connectivity index (χ2n) is 9.97. The van der Waals surface area contributed by atoms with Crippen LogP contribution in [0.2, 0.25) is 0 Å². The third-order valence-electron chi connectivity index (χ3n) is 7.17. The average Bonchev–Trinajstić information content (AvgIpc) is 3.53. The Morgan fingerprint density at radius 1 is 1.07 bits per heavy atom. The number of hydrogen-bond acceptors (Lipinski definition) is 9. The minimum atomic E-state index is -4.59. The number of fused-ring (bicyclic) bond motifs is 1. The SMILES string of the molecule is COc1ccc(CC(c2nccs2)S(=O)(=O)c2ccc3c(c2)OCCN3c2ccc(C(F)(F)F)cc2C[C@H](O)CO)cc1. The van der Waals surface area contributed by atoms with Gasteiger partial charge in [-0.25, -0.2) is 13.4 Å². The molecule has 0 bridgehead atoms. The van der Waals surface area contributed by atoms with Gasteiger partial charge >= 0.3 is 6.18 Å². The molecule has 3 aromatic carbocycles. The van der Waals surface area contributed by atoms with Crippen molar-refractivity contribution in [2.24, 2.45) is 0 Å². The Kier molecular flexibility index (Phi) is 8.97. The van der Waals surface area contributed by atoms with Crippen LogP contribution in [0.5, 0.6) is 11.5 Å². The fraction of sp³-hybridized carbons (Fsp3) is 0.300. The van der Waals surface area contributed by atoms with Crippen LogP contribution in [-0.4, -0.2) is 56.6 Å². The topological polar surface area (TPSA) is 109 Å². The van der Waals surface area contributed by atoms with Crippen LogP contribution in [-0.2, 0) is 28.9 Å². The molecule has 0 saturated heterocycles. The fourth-order valence-electron chi connectivity index (χ4n) is 5.00.